The topological polar surface area (TPSA) is 50.9 Å². The van der Waals surface area contributed by atoms with Crippen LogP contribution in [0.3, 0.4) is 0 Å². The molecule has 1 atom stereocenters. The van der Waals surface area contributed by atoms with Crippen molar-refractivity contribution in [3.8, 4) is 0 Å². The Morgan fingerprint density at radius 3 is 2.50 bits per heavy atom. The van der Waals surface area contributed by atoms with Crippen molar-refractivity contribution in [1.29, 1.82) is 0 Å². The van der Waals surface area contributed by atoms with Crippen LogP contribution >= 0.6 is 34.5 Å². The monoisotopic (exact) mass is 341 g/mol. The summed E-state index contributed by atoms with van der Waals surface area (Å²) in [5.41, 5.74) is 1.77. The predicted octanol–water partition coefficient (Wildman–Crippen LogP) is 4.02. The zero-order chi connectivity index (χ0) is 14.9. The fraction of sp³-hybridized carbons (Fsp3) is 0.182. The van der Waals surface area contributed by atoms with E-state index in [0.717, 1.165) is 29.8 Å². The van der Waals surface area contributed by atoms with E-state index in [4.69, 9.17) is 29.0 Å². The van der Waals surface area contributed by atoms with Gasteiger partial charge >= 0.3 is 6.18 Å². The highest BCUT2D eigenvalue weighted by atomic mass is 35.5. The molecule has 0 saturated carbocycles. The number of nitrogens with zero attached hydrogens (tertiary/aromatic N) is 1. The third kappa shape index (κ3) is 3.07. The number of thiophene rings is 1. The van der Waals surface area contributed by atoms with Crippen LogP contribution in [0.2, 0.25) is 8.67 Å². The molecule has 3 nitrogen and oxygen atoms in total. The Balaban J connectivity index is 2.56. The largest absolute Gasteiger partial charge is 0.416 e. The van der Waals surface area contributed by atoms with Gasteiger partial charge in [-0.1, -0.05) is 23.2 Å². The number of halogens is 5. The summed E-state index contributed by atoms with van der Waals surface area (Å²) < 4.78 is 39.7. The maximum absolute atomic E-state index is 13.0. The maximum atomic E-state index is 13.0. The maximum Gasteiger partial charge on any atom is 0.416 e. The first-order valence-corrected chi connectivity index (χ1v) is 6.83. The van der Waals surface area contributed by atoms with Crippen LogP contribution in [0.15, 0.2) is 24.5 Å². The Bertz CT molecular complexity index is 615. The summed E-state index contributed by atoms with van der Waals surface area (Å²) in [5, 5.41) is 0. The molecular weight excluding hydrogens is 334 g/mol. The summed E-state index contributed by atoms with van der Waals surface area (Å²) >= 11 is 12.8. The van der Waals surface area contributed by atoms with E-state index in [-0.39, 0.29) is 9.90 Å². The second-order valence-electron chi connectivity index (χ2n) is 3.84. The molecule has 9 heteroatoms. The van der Waals surface area contributed by atoms with Crippen molar-refractivity contribution in [3.63, 3.8) is 0 Å². The van der Waals surface area contributed by atoms with Gasteiger partial charge in [0.15, 0.2) is 0 Å². The van der Waals surface area contributed by atoms with Crippen molar-refractivity contribution in [2.45, 2.75) is 12.2 Å². The van der Waals surface area contributed by atoms with Gasteiger partial charge in [0.1, 0.15) is 0 Å². The van der Waals surface area contributed by atoms with Crippen LogP contribution in [-0.4, -0.2) is 4.98 Å². The van der Waals surface area contributed by atoms with Crippen molar-refractivity contribution in [2.24, 2.45) is 5.84 Å². The van der Waals surface area contributed by atoms with Gasteiger partial charge in [0, 0.05) is 23.5 Å². The van der Waals surface area contributed by atoms with Crippen molar-refractivity contribution >= 4 is 34.5 Å². The summed E-state index contributed by atoms with van der Waals surface area (Å²) in [6.45, 7) is 0. The second kappa shape index (κ2) is 5.87. The minimum atomic E-state index is -4.51. The molecule has 0 saturated heterocycles. The van der Waals surface area contributed by atoms with Gasteiger partial charge in [-0.05, 0) is 12.1 Å². The van der Waals surface area contributed by atoms with Crippen LogP contribution in [0.4, 0.5) is 13.2 Å². The fourth-order valence-electron chi connectivity index (χ4n) is 1.79. The van der Waals surface area contributed by atoms with Gasteiger partial charge in [-0.2, -0.15) is 13.2 Å². The van der Waals surface area contributed by atoms with Crippen LogP contribution < -0.4 is 11.3 Å². The van der Waals surface area contributed by atoms with E-state index in [9.17, 15) is 13.2 Å². The van der Waals surface area contributed by atoms with Gasteiger partial charge in [-0.15, -0.1) is 11.3 Å². The quantitative estimate of drug-likeness (QED) is 0.654. The van der Waals surface area contributed by atoms with Crippen molar-refractivity contribution in [2.75, 3.05) is 0 Å². The van der Waals surface area contributed by atoms with Crippen LogP contribution in [0.1, 0.15) is 22.7 Å². The van der Waals surface area contributed by atoms with Gasteiger partial charge in [-0.25, -0.2) is 5.43 Å². The van der Waals surface area contributed by atoms with Crippen molar-refractivity contribution in [1.82, 2.24) is 10.4 Å². The average molecular weight is 342 g/mol. The first kappa shape index (κ1) is 15.5. The Morgan fingerprint density at radius 2 is 2.00 bits per heavy atom. The predicted molar refractivity (Wildman–Crippen MR) is 72.7 cm³/mol. The highest BCUT2D eigenvalue weighted by molar-refractivity contribution is 7.20. The number of hydrogen-bond acceptors (Lipinski definition) is 4. The molecule has 0 aliphatic carbocycles. The summed E-state index contributed by atoms with van der Waals surface area (Å²) in [4.78, 5) is 3.72. The zero-order valence-corrected chi connectivity index (χ0v) is 12.0. The number of hydrogen-bond donors (Lipinski definition) is 2. The smallest absolute Gasteiger partial charge is 0.271 e. The van der Waals surface area contributed by atoms with E-state index >= 15 is 0 Å². The van der Waals surface area contributed by atoms with Crippen LogP contribution in [0.5, 0.6) is 0 Å². The number of aromatic nitrogens is 1. The molecule has 0 aliphatic rings. The Kier molecular flexibility index (Phi) is 4.55. The number of rotatable bonds is 3. The standard InChI is InChI=1S/C11H8Cl2F3N3S/c12-8-3-5(10(13)20-8)9(19-17)6-4-18-2-1-7(6)11(14,15)16/h1-4,9,19H,17H2. The molecule has 1 unspecified atom stereocenters. The average Bonchev–Trinajstić information content (AvgIpc) is 2.69. The van der Waals surface area contributed by atoms with Gasteiger partial charge in [0.05, 0.1) is 20.3 Å². The van der Waals surface area contributed by atoms with E-state index < -0.39 is 17.8 Å². The minimum absolute atomic E-state index is 0.112. The van der Waals surface area contributed by atoms with Crippen LogP contribution in [0.25, 0.3) is 0 Å². The van der Waals surface area contributed by atoms with E-state index in [1.54, 1.807) is 0 Å². The number of alkyl halides is 3. The van der Waals surface area contributed by atoms with E-state index in [1.807, 2.05) is 0 Å². The third-order valence-electron chi connectivity index (χ3n) is 2.63. The molecular formula is C11H8Cl2F3N3S. The Hall–Kier alpha value is -0.860. The minimum Gasteiger partial charge on any atom is -0.271 e. The molecule has 0 bridgehead atoms. The molecule has 0 radical (unpaired) electrons. The molecule has 2 aromatic heterocycles. The van der Waals surface area contributed by atoms with Gasteiger partial charge in [0.2, 0.25) is 0 Å². The first-order chi connectivity index (χ1) is 9.34. The molecule has 2 rings (SSSR count). The molecule has 2 aromatic rings. The Labute approximate surface area is 126 Å². The lowest BCUT2D eigenvalue weighted by atomic mass is 9.98. The first-order valence-electron chi connectivity index (χ1n) is 5.26. The van der Waals surface area contributed by atoms with Gasteiger partial charge < -0.3 is 0 Å². The molecule has 0 spiro atoms. The zero-order valence-electron chi connectivity index (χ0n) is 9.71. The number of nitrogens with two attached hydrogens (primary N) is 1. The van der Waals surface area contributed by atoms with Gasteiger partial charge in [0.25, 0.3) is 0 Å². The van der Waals surface area contributed by atoms with Crippen LogP contribution in [-0.2, 0) is 6.18 Å². The molecule has 3 N–H and O–H groups in total. The lowest BCUT2D eigenvalue weighted by molar-refractivity contribution is -0.138. The van der Waals surface area contributed by atoms with E-state index in [1.165, 1.54) is 6.07 Å². The fourth-order valence-corrected chi connectivity index (χ4v) is 3.32. The summed E-state index contributed by atoms with van der Waals surface area (Å²) in [6, 6.07) is 1.42. The molecule has 0 aliphatic heterocycles. The molecule has 0 amide bonds. The molecule has 0 fully saturated rings. The number of pyridine rings is 1. The number of hydrazine groups is 1. The van der Waals surface area contributed by atoms with Crippen molar-refractivity contribution < 1.29 is 13.2 Å². The molecule has 0 aromatic carbocycles. The molecule has 20 heavy (non-hydrogen) atoms. The van der Waals surface area contributed by atoms with Crippen molar-refractivity contribution in [3.05, 3.63) is 49.9 Å². The summed E-state index contributed by atoms with van der Waals surface area (Å²) in [7, 11) is 0. The van der Waals surface area contributed by atoms with Gasteiger partial charge in [-0.3, -0.25) is 10.8 Å². The molecule has 2 heterocycles. The summed E-state index contributed by atoms with van der Waals surface area (Å²) in [6.07, 6.45) is -2.34. The highest BCUT2D eigenvalue weighted by Gasteiger charge is 2.36. The molecule has 108 valence electrons. The van der Waals surface area contributed by atoms with E-state index in [0.29, 0.717) is 9.90 Å². The lowest BCUT2D eigenvalue weighted by Gasteiger charge is -2.20. The SMILES string of the molecule is NNC(c1cnccc1C(F)(F)F)c1cc(Cl)sc1Cl. The lowest BCUT2D eigenvalue weighted by Crippen LogP contribution is -2.30. The van der Waals surface area contributed by atoms with E-state index in [2.05, 4.69) is 10.4 Å². The highest BCUT2D eigenvalue weighted by Crippen LogP contribution is 2.40. The normalized spacial score (nSPS) is 13.5. The number of nitrogens with one attached hydrogen (secondary N) is 1. The second-order valence-corrected chi connectivity index (χ2v) is 6.13. The van der Waals surface area contributed by atoms with Crippen LogP contribution in [0, 0.1) is 0 Å². The Morgan fingerprint density at radius 1 is 1.30 bits per heavy atom. The third-order valence-corrected chi connectivity index (χ3v) is 4.15. The summed E-state index contributed by atoms with van der Waals surface area (Å²) in [5.74, 6) is 5.38.